The first-order chi connectivity index (χ1) is 10.3. The predicted molar refractivity (Wildman–Crippen MR) is 91.7 cm³/mol. The van der Waals surface area contributed by atoms with E-state index in [0.29, 0.717) is 6.04 Å². The van der Waals surface area contributed by atoms with Gasteiger partial charge in [-0.3, -0.25) is 0 Å². The standard InChI is InChI=1S/C19H32N2/c1-3-20-19(18-12-8-5-9-13-18)16-21(2)15-14-17-10-6-4-7-11-17/h4,6-7,10-11,18-20H,3,5,8-9,12-16H2,1-2H3. The van der Waals surface area contributed by atoms with Crippen LogP contribution >= 0.6 is 0 Å². The fourth-order valence-electron chi connectivity index (χ4n) is 3.57. The average Bonchev–Trinajstić information content (AvgIpc) is 2.54. The van der Waals surface area contributed by atoms with Crippen molar-refractivity contribution in [2.75, 3.05) is 26.7 Å². The molecule has 0 radical (unpaired) electrons. The Morgan fingerprint density at radius 3 is 2.52 bits per heavy atom. The number of nitrogens with zero attached hydrogens (tertiary/aromatic N) is 1. The third-order valence-electron chi connectivity index (χ3n) is 4.82. The van der Waals surface area contributed by atoms with Crippen molar-refractivity contribution in [2.24, 2.45) is 5.92 Å². The van der Waals surface area contributed by atoms with Crippen LogP contribution in [-0.2, 0) is 6.42 Å². The minimum atomic E-state index is 0.677. The molecule has 0 bridgehead atoms. The molecule has 21 heavy (non-hydrogen) atoms. The number of hydrogen-bond acceptors (Lipinski definition) is 2. The van der Waals surface area contributed by atoms with Crippen LogP contribution in [-0.4, -0.2) is 37.6 Å². The highest BCUT2D eigenvalue weighted by atomic mass is 15.1. The Labute approximate surface area is 130 Å². The van der Waals surface area contributed by atoms with Gasteiger partial charge in [0.05, 0.1) is 0 Å². The lowest BCUT2D eigenvalue weighted by molar-refractivity contribution is 0.207. The van der Waals surface area contributed by atoms with E-state index in [1.165, 1.54) is 44.2 Å². The smallest absolute Gasteiger partial charge is 0.0222 e. The van der Waals surface area contributed by atoms with Crippen LogP contribution in [0.15, 0.2) is 30.3 Å². The van der Waals surface area contributed by atoms with E-state index in [1.807, 2.05) is 0 Å². The minimum Gasteiger partial charge on any atom is -0.313 e. The molecule has 0 spiro atoms. The Balaban J connectivity index is 1.78. The van der Waals surface area contributed by atoms with Gasteiger partial charge in [0.2, 0.25) is 0 Å². The Morgan fingerprint density at radius 1 is 1.14 bits per heavy atom. The molecule has 1 saturated carbocycles. The van der Waals surface area contributed by atoms with Crippen molar-refractivity contribution < 1.29 is 0 Å². The van der Waals surface area contributed by atoms with Crippen LogP contribution in [0.2, 0.25) is 0 Å². The van der Waals surface area contributed by atoms with Gasteiger partial charge in [0.25, 0.3) is 0 Å². The molecule has 1 fully saturated rings. The molecule has 0 amide bonds. The fourth-order valence-corrected chi connectivity index (χ4v) is 3.57. The highest BCUT2D eigenvalue weighted by Gasteiger charge is 2.23. The molecule has 1 unspecified atom stereocenters. The van der Waals surface area contributed by atoms with E-state index in [0.717, 1.165) is 25.4 Å². The van der Waals surface area contributed by atoms with Gasteiger partial charge in [0, 0.05) is 19.1 Å². The zero-order valence-electron chi connectivity index (χ0n) is 13.9. The maximum atomic E-state index is 3.74. The number of rotatable bonds is 8. The van der Waals surface area contributed by atoms with Crippen molar-refractivity contribution in [3.05, 3.63) is 35.9 Å². The number of benzene rings is 1. The van der Waals surface area contributed by atoms with Crippen LogP contribution in [0.3, 0.4) is 0 Å². The van der Waals surface area contributed by atoms with Gasteiger partial charge in [-0.25, -0.2) is 0 Å². The second kappa shape index (κ2) is 9.22. The normalized spacial score (nSPS) is 18.0. The molecular formula is C19H32N2. The first-order valence-corrected chi connectivity index (χ1v) is 8.75. The average molecular weight is 288 g/mol. The van der Waals surface area contributed by atoms with E-state index in [9.17, 15) is 0 Å². The zero-order chi connectivity index (χ0) is 14.9. The molecule has 0 aromatic heterocycles. The molecule has 1 aliphatic carbocycles. The second-order valence-corrected chi connectivity index (χ2v) is 6.56. The van der Waals surface area contributed by atoms with Crippen molar-refractivity contribution in [1.82, 2.24) is 10.2 Å². The van der Waals surface area contributed by atoms with Gasteiger partial charge in [-0.1, -0.05) is 56.5 Å². The summed E-state index contributed by atoms with van der Waals surface area (Å²) in [4.78, 5) is 2.51. The molecule has 1 atom stereocenters. The molecular weight excluding hydrogens is 256 g/mol. The zero-order valence-corrected chi connectivity index (χ0v) is 13.9. The second-order valence-electron chi connectivity index (χ2n) is 6.56. The highest BCUT2D eigenvalue weighted by molar-refractivity contribution is 5.14. The van der Waals surface area contributed by atoms with Gasteiger partial charge in [-0.2, -0.15) is 0 Å². The van der Waals surface area contributed by atoms with Crippen LogP contribution in [0.1, 0.15) is 44.6 Å². The highest BCUT2D eigenvalue weighted by Crippen LogP contribution is 2.26. The summed E-state index contributed by atoms with van der Waals surface area (Å²) in [5, 5.41) is 3.74. The van der Waals surface area contributed by atoms with Crippen molar-refractivity contribution in [2.45, 2.75) is 51.5 Å². The SMILES string of the molecule is CCNC(CN(C)CCc1ccccc1)C1CCCCC1. The summed E-state index contributed by atoms with van der Waals surface area (Å²) in [6, 6.07) is 11.5. The molecule has 0 saturated heterocycles. The Hall–Kier alpha value is -0.860. The van der Waals surface area contributed by atoms with Crippen molar-refractivity contribution in [3.63, 3.8) is 0 Å². The summed E-state index contributed by atoms with van der Waals surface area (Å²) in [5.74, 6) is 0.887. The van der Waals surface area contributed by atoms with E-state index in [1.54, 1.807) is 0 Å². The molecule has 118 valence electrons. The summed E-state index contributed by atoms with van der Waals surface area (Å²) in [6.07, 6.45) is 8.30. The van der Waals surface area contributed by atoms with E-state index in [2.05, 4.69) is 54.5 Å². The number of nitrogens with one attached hydrogen (secondary N) is 1. The lowest BCUT2D eigenvalue weighted by Gasteiger charge is -2.33. The van der Waals surface area contributed by atoms with Crippen LogP contribution < -0.4 is 5.32 Å². The maximum Gasteiger partial charge on any atom is 0.0222 e. The van der Waals surface area contributed by atoms with Crippen molar-refractivity contribution in [3.8, 4) is 0 Å². The minimum absolute atomic E-state index is 0.677. The van der Waals surface area contributed by atoms with Crippen LogP contribution in [0.25, 0.3) is 0 Å². The van der Waals surface area contributed by atoms with Crippen LogP contribution in [0.4, 0.5) is 0 Å². The Bertz CT molecular complexity index is 370. The van der Waals surface area contributed by atoms with Gasteiger partial charge in [-0.15, -0.1) is 0 Å². The molecule has 1 aromatic carbocycles. The van der Waals surface area contributed by atoms with Crippen molar-refractivity contribution >= 4 is 0 Å². The van der Waals surface area contributed by atoms with Crippen LogP contribution in [0, 0.1) is 5.92 Å². The molecule has 1 aliphatic rings. The van der Waals surface area contributed by atoms with Gasteiger partial charge >= 0.3 is 0 Å². The lowest BCUT2D eigenvalue weighted by Crippen LogP contribution is -2.45. The summed E-state index contributed by atoms with van der Waals surface area (Å²) < 4.78 is 0. The molecule has 0 heterocycles. The maximum absolute atomic E-state index is 3.74. The van der Waals surface area contributed by atoms with Crippen LogP contribution in [0.5, 0.6) is 0 Å². The van der Waals surface area contributed by atoms with E-state index >= 15 is 0 Å². The number of likely N-dealkylation sites (N-methyl/N-ethyl adjacent to an activating group) is 2. The number of hydrogen-bond donors (Lipinski definition) is 1. The van der Waals surface area contributed by atoms with Gasteiger partial charge < -0.3 is 10.2 Å². The van der Waals surface area contributed by atoms with Crippen molar-refractivity contribution in [1.29, 1.82) is 0 Å². The first kappa shape index (κ1) is 16.5. The third-order valence-corrected chi connectivity index (χ3v) is 4.82. The summed E-state index contributed by atoms with van der Waals surface area (Å²) in [6.45, 7) is 5.66. The van der Waals surface area contributed by atoms with E-state index in [4.69, 9.17) is 0 Å². The molecule has 1 aromatic rings. The lowest BCUT2D eigenvalue weighted by atomic mass is 9.83. The summed E-state index contributed by atoms with van der Waals surface area (Å²) in [7, 11) is 2.27. The topological polar surface area (TPSA) is 15.3 Å². The Morgan fingerprint density at radius 2 is 1.86 bits per heavy atom. The van der Waals surface area contributed by atoms with Gasteiger partial charge in [0.15, 0.2) is 0 Å². The van der Waals surface area contributed by atoms with E-state index in [-0.39, 0.29) is 0 Å². The quantitative estimate of drug-likeness (QED) is 0.784. The molecule has 1 N–H and O–H groups in total. The monoisotopic (exact) mass is 288 g/mol. The van der Waals surface area contributed by atoms with Gasteiger partial charge in [-0.05, 0) is 44.3 Å². The van der Waals surface area contributed by atoms with Gasteiger partial charge in [0.1, 0.15) is 0 Å². The molecule has 2 nitrogen and oxygen atoms in total. The summed E-state index contributed by atoms with van der Waals surface area (Å²) in [5.41, 5.74) is 1.45. The fraction of sp³-hybridized carbons (Fsp3) is 0.684. The first-order valence-electron chi connectivity index (χ1n) is 8.75. The molecule has 2 rings (SSSR count). The largest absolute Gasteiger partial charge is 0.313 e. The molecule has 0 aliphatic heterocycles. The molecule has 2 heteroatoms. The predicted octanol–water partition coefficient (Wildman–Crippen LogP) is 3.72. The third kappa shape index (κ3) is 5.80. The van der Waals surface area contributed by atoms with E-state index < -0.39 is 0 Å². The summed E-state index contributed by atoms with van der Waals surface area (Å²) >= 11 is 0. The Kier molecular flexibility index (Phi) is 7.25.